The second kappa shape index (κ2) is 4.23. The van der Waals surface area contributed by atoms with Gasteiger partial charge in [-0.15, -0.1) is 0 Å². The van der Waals surface area contributed by atoms with Crippen molar-refractivity contribution in [1.82, 2.24) is 0 Å². The molecule has 0 radical (unpaired) electrons. The molecule has 0 fully saturated rings. The molecule has 7 nitrogen and oxygen atoms in total. The van der Waals surface area contributed by atoms with Gasteiger partial charge < -0.3 is 16.2 Å². The average Bonchev–Trinajstić information content (AvgIpc) is 2.13. The number of nitrogen functional groups attached to an aromatic ring is 1. The van der Waals surface area contributed by atoms with Crippen molar-refractivity contribution in [2.24, 2.45) is 0 Å². The summed E-state index contributed by atoms with van der Waals surface area (Å²) in [6.07, 6.45) is 0. The maximum atomic E-state index is 10.8. The van der Waals surface area contributed by atoms with Crippen LogP contribution in [0.15, 0.2) is 6.07 Å². The van der Waals surface area contributed by atoms with Gasteiger partial charge in [-0.3, -0.25) is 14.9 Å². The Labute approximate surface area is 95.0 Å². The number of halogens is 1. The number of anilines is 2. The molecule has 1 aromatic rings. The molecule has 0 aliphatic carbocycles. The van der Waals surface area contributed by atoms with E-state index in [2.05, 4.69) is 5.32 Å². The minimum atomic E-state index is -0.873. The van der Waals surface area contributed by atoms with E-state index >= 15 is 0 Å². The van der Waals surface area contributed by atoms with Crippen molar-refractivity contribution in [2.45, 2.75) is 6.92 Å². The molecule has 86 valence electrons. The fraction of sp³-hybridized carbons (Fsp3) is 0.125. The third kappa shape index (κ3) is 2.14. The van der Waals surface area contributed by atoms with Crippen LogP contribution >= 0.6 is 11.6 Å². The number of carbonyl (C=O) groups excluding carboxylic acids is 1. The van der Waals surface area contributed by atoms with Crippen LogP contribution in [0.4, 0.5) is 17.1 Å². The fourth-order valence-corrected chi connectivity index (χ4v) is 1.31. The third-order valence-electron chi connectivity index (χ3n) is 1.76. The number of amides is 1. The highest BCUT2D eigenvalue weighted by molar-refractivity contribution is 6.34. The number of nitrogens with zero attached hydrogens (tertiary/aromatic N) is 1. The average molecular weight is 246 g/mol. The number of hydrogen-bond acceptors (Lipinski definition) is 5. The molecular formula is C8H8ClN3O4. The normalized spacial score (nSPS) is 9.88. The summed E-state index contributed by atoms with van der Waals surface area (Å²) >= 11 is 5.63. The number of phenolic OH excluding ortho intramolecular Hbond substituents is 1. The summed E-state index contributed by atoms with van der Waals surface area (Å²) in [6.45, 7) is 1.19. The van der Waals surface area contributed by atoms with Gasteiger partial charge in [0.25, 0.3) is 0 Å². The number of nitro groups is 1. The van der Waals surface area contributed by atoms with Gasteiger partial charge in [0.05, 0.1) is 15.6 Å². The second-order valence-corrected chi connectivity index (χ2v) is 3.36. The molecule has 0 bridgehead atoms. The summed E-state index contributed by atoms with van der Waals surface area (Å²) in [7, 11) is 0. The van der Waals surface area contributed by atoms with Crippen LogP contribution in [0.5, 0.6) is 5.75 Å². The lowest BCUT2D eigenvalue weighted by Gasteiger charge is -2.08. The standard InChI is InChI=1S/C8H8ClN3O4/c1-3(13)11-5-2-4(9)6(10)7(8(5)14)12(15)16/h2,14H,10H2,1H3,(H,11,13). The van der Waals surface area contributed by atoms with Gasteiger partial charge in [0.1, 0.15) is 5.69 Å². The molecule has 1 rings (SSSR count). The van der Waals surface area contributed by atoms with E-state index in [0.29, 0.717) is 0 Å². The molecule has 0 unspecified atom stereocenters. The summed E-state index contributed by atoms with van der Waals surface area (Å²) < 4.78 is 0. The van der Waals surface area contributed by atoms with Gasteiger partial charge in [-0.05, 0) is 6.07 Å². The van der Waals surface area contributed by atoms with Crippen LogP contribution in [0.3, 0.4) is 0 Å². The summed E-state index contributed by atoms with van der Waals surface area (Å²) in [5, 5.41) is 22.2. The Morgan fingerprint density at radius 2 is 2.25 bits per heavy atom. The van der Waals surface area contributed by atoms with Gasteiger partial charge in [0.15, 0.2) is 0 Å². The Kier molecular flexibility index (Phi) is 3.19. The summed E-state index contributed by atoms with van der Waals surface area (Å²) in [6, 6.07) is 1.14. The second-order valence-electron chi connectivity index (χ2n) is 2.96. The number of nitrogens with two attached hydrogens (primary N) is 1. The Bertz CT molecular complexity index is 475. The van der Waals surface area contributed by atoms with Gasteiger partial charge in [-0.25, -0.2) is 0 Å². The number of nitrogens with one attached hydrogen (secondary N) is 1. The topological polar surface area (TPSA) is 118 Å². The molecule has 0 heterocycles. The van der Waals surface area contributed by atoms with Gasteiger partial charge in [-0.2, -0.15) is 0 Å². The first-order valence-electron chi connectivity index (χ1n) is 4.07. The van der Waals surface area contributed by atoms with Gasteiger partial charge in [0, 0.05) is 6.92 Å². The van der Waals surface area contributed by atoms with Gasteiger partial charge in [-0.1, -0.05) is 11.6 Å². The molecule has 16 heavy (non-hydrogen) atoms. The fourth-order valence-electron chi connectivity index (χ4n) is 1.11. The lowest BCUT2D eigenvalue weighted by Crippen LogP contribution is -2.07. The lowest BCUT2D eigenvalue weighted by atomic mass is 10.2. The molecular weight excluding hydrogens is 238 g/mol. The Morgan fingerprint density at radius 3 is 2.69 bits per heavy atom. The maximum absolute atomic E-state index is 10.8. The van der Waals surface area contributed by atoms with Crippen LogP contribution in [0.1, 0.15) is 6.92 Å². The summed E-state index contributed by atoms with van der Waals surface area (Å²) in [5.41, 5.74) is 4.11. The molecule has 0 saturated heterocycles. The van der Waals surface area contributed by atoms with Crippen LogP contribution in [-0.4, -0.2) is 15.9 Å². The monoisotopic (exact) mass is 245 g/mol. The molecule has 1 aromatic carbocycles. The van der Waals surface area contributed by atoms with Crippen LogP contribution in [-0.2, 0) is 4.79 Å². The first kappa shape index (κ1) is 12.1. The largest absolute Gasteiger partial charge is 0.501 e. The van der Waals surface area contributed by atoms with Crippen molar-refractivity contribution in [3.63, 3.8) is 0 Å². The van der Waals surface area contributed by atoms with Crippen LogP contribution in [0.2, 0.25) is 5.02 Å². The van der Waals surface area contributed by atoms with Crippen LogP contribution in [0.25, 0.3) is 0 Å². The van der Waals surface area contributed by atoms with Crippen molar-refractivity contribution in [3.8, 4) is 5.75 Å². The highest BCUT2D eigenvalue weighted by Crippen LogP contribution is 2.42. The van der Waals surface area contributed by atoms with E-state index in [4.69, 9.17) is 17.3 Å². The quantitative estimate of drug-likeness (QED) is 0.316. The Balaban J connectivity index is 3.44. The van der Waals surface area contributed by atoms with Crippen molar-refractivity contribution in [1.29, 1.82) is 0 Å². The Morgan fingerprint density at radius 1 is 1.69 bits per heavy atom. The highest BCUT2D eigenvalue weighted by Gasteiger charge is 2.24. The van der Waals surface area contributed by atoms with E-state index in [9.17, 15) is 20.0 Å². The third-order valence-corrected chi connectivity index (χ3v) is 2.07. The minimum Gasteiger partial charge on any atom is -0.501 e. The van der Waals surface area contributed by atoms with Crippen molar-refractivity contribution < 1.29 is 14.8 Å². The number of hydrogen-bond donors (Lipinski definition) is 3. The van der Waals surface area contributed by atoms with E-state index in [1.807, 2.05) is 0 Å². The molecule has 0 aliphatic heterocycles. The molecule has 0 atom stereocenters. The first-order valence-corrected chi connectivity index (χ1v) is 4.45. The van der Waals surface area contributed by atoms with E-state index in [1.165, 1.54) is 6.92 Å². The SMILES string of the molecule is CC(=O)Nc1cc(Cl)c(N)c([N+](=O)[O-])c1O. The highest BCUT2D eigenvalue weighted by atomic mass is 35.5. The maximum Gasteiger partial charge on any atom is 0.337 e. The van der Waals surface area contributed by atoms with Gasteiger partial charge >= 0.3 is 5.69 Å². The molecule has 0 aromatic heterocycles. The molecule has 8 heteroatoms. The van der Waals surface area contributed by atoms with Crippen LogP contribution in [0, 0.1) is 10.1 Å². The number of benzene rings is 1. The smallest absolute Gasteiger partial charge is 0.337 e. The predicted molar refractivity (Wildman–Crippen MR) is 58.5 cm³/mol. The minimum absolute atomic E-state index is 0.117. The Hall–Kier alpha value is -2.02. The zero-order chi connectivity index (χ0) is 12.5. The van der Waals surface area contributed by atoms with Gasteiger partial charge in [0.2, 0.25) is 11.7 Å². The number of rotatable bonds is 2. The summed E-state index contributed by atoms with van der Waals surface area (Å²) in [4.78, 5) is 20.5. The van der Waals surface area contributed by atoms with E-state index in [-0.39, 0.29) is 16.4 Å². The van der Waals surface area contributed by atoms with E-state index in [1.54, 1.807) is 0 Å². The number of aromatic hydroxyl groups is 1. The summed E-state index contributed by atoms with van der Waals surface area (Å²) in [5.74, 6) is -1.22. The van der Waals surface area contributed by atoms with E-state index in [0.717, 1.165) is 6.07 Å². The molecule has 1 amide bonds. The number of phenols is 1. The van der Waals surface area contributed by atoms with E-state index < -0.39 is 22.3 Å². The predicted octanol–water partition coefficient (Wildman–Crippen LogP) is 1.49. The van der Waals surface area contributed by atoms with Crippen molar-refractivity contribution in [3.05, 3.63) is 21.2 Å². The number of carbonyl (C=O) groups is 1. The molecule has 0 saturated carbocycles. The van der Waals surface area contributed by atoms with Crippen molar-refractivity contribution in [2.75, 3.05) is 11.1 Å². The molecule has 0 aliphatic rings. The molecule has 4 N–H and O–H groups in total. The van der Waals surface area contributed by atoms with Crippen molar-refractivity contribution >= 4 is 34.6 Å². The lowest BCUT2D eigenvalue weighted by molar-refractivity contribution is -0.384. The zero-order valence-electron chi connectivity index (χ0n) is 8.15. The zero-order valence-corrected chi connectivity index (χ0v) is 8.91. The van der Waals surface area contributed by atoms with Crippen LogP contribution < -0.4 is 11.1 Å². The number of nitro benzene ring substituents is 1. The molecule has 0 spiro atoms. The first-order chi connectivity index (χ1) is 7.34.